The molecule has 0 unspecified atom stereocenters. The van der Waals surface area contributed by atoms with Gasteiger partial charge in [0.05, 0.1) is 0 Å². The highest BCUT2D eigenvalue weighted by molar-refractivity contribution is 5.94. The van der Waals surface area contributed by atoms with Crippen LogP contribution >= 0.6 is 0 Å². The summed E-state index contributed by atoms with van der Waals surface area (Å²) in [6, 6.07) is 26.9. The molecule has 0 spiro atoms. The van der Waals surface area contributed by atoms with Crippen molar-refractivity contribution in [3.05, 3.63) is 112 Å². The molecule has 4 aromatic rings. The van der Waals surface area contributed by atoms with E-state index in [1.54, 1.807) is 0 Å². The van der Waals surface area contributed by atoms with Gasteiger partial charge >= 0.3 is 0 Å². The van der Waals surface area contributed by atoms with Crippen molar-refractivity contribution in [2.24, 2.45) is 0 Å². The quantitative estimate of drug-likeness (QED) is 0.298. The highest BCUT2D eigenvalue weighted by Gasteiger charge is 2.26. The van der Waals surface area contributed by atoms with Gasteiger partial charge in [-0.2, -0.15) is 0 Å². The van der Waals surface area contributed by atoms with Gasteiger partial charge in [-0.25, -0.2) is 9.97 Å². The topological polar surface area (TPSA) is 49.3 Å². The first-order valence-corrected chi connectivity index (χ1v) is 13.8. The van der Waals surface area contributed by atoms with Gasteiger partial charge < -0.3 is 9.80 Å². The fourth-order valence-electron chi connectivity index (χ4n) is 5.21. The first kappa shape index (κ1) is 26.6. The average molecular weight is 519 g/mol. The van der Waals surface area contributed by atoms with E-state index in [0.717, 1.165) is 53.5 Å². The number of carbonyl (C=O) groups is 1. The maximum Gasteiger partial charge on any atom is 0.253 e. The van der Waals surface area contributed by atoms with E-state index in [9.17, 15) is 4.79 Å². The number of piperazine rings is 1. The molecule has 1 aromatic heterocycles. The average Bonchev–Trinajstić information content (AvgIpc) is 2.94. The minimum Gasteiger partial charge on any atom is -0.353 e. The Bertz CT molecular complexity index is 1450. The molecule has 0 bridgehead atoms. The molecule has 5 nitrogen and oxygen atoms in total. The smallest absolute Gasteiger partial charge is 0.253 e. The van der Waals surface area contributed by atoms with Crippen LogP contribution in [0.2, 0.25) is 0 Å². The molecule has 0 saturated carbocycles. The third-order valence-corrected chi connectivity index (χ3v) is 7.55. The van der Waals surface area contributed by atoms with Crippen LogP contribution in [-0.4, -0.2) is 47.0 Å². The highest BCUT2D eigenvalue weighted by Crippen LogP contribution is 2.29. The Morgan fingerprint density at radius 2 is 1.51 bits per heavy atom. The van der Waals surface area contributed by atoms with Crippen LogP contribution in [0.1, 0.15) is 59.1 Å². The zero-order valence-electron chi connectivity index (χ0n) is 23.7. The standard InChI is InChI=1S/C34H38N4O/c1-24-10-9-11-26(22-24)23-30-25(2)35-31(27-12-7-6-8-13-27)36-32(30)37-18-20-38(21-19-37)33(39)28-14-16-29(17-15-28)34(3,4)5/h6-17,22H,18-21,23H2,1-5H3. The summed E-state index contributed by atoms with van der Waals surface area (Å²) in [6.07, 6.45) is 0.775. The molecule has 39 heavy (non-hydrogen) atoms. The normalized spacial score (nSPS) is 14.0. The molecule has 0 radical (unpaired) electrons. The fraction of sp³-hybridized carbons (Fsp3) is 0.324. The molecule has 2 heterocycles. The van der Waals surface area contributed by atoms with Crippen LogP contribution in [0, 0.1) is 13.8 Å². The molecule has 1 amide bonds. The Morgan fingerprint density at radius 1 is 0.821 bits per heavy atom. The van der Waals surface area contributed by atoms with Gasteiger partial charge in [-0.15, -0.1) is 0 Å². The van der Waals surface area contributed by atoms with Crippen LogP contribution in [0.15, 0.2) is 78.9 Å². The molecular weight excluding hydrogens is 480 g/mol. The lowest BCUT2D eigenvalue weighted by Gasteiger charge is -2.36. The number of hydrogen-bond acceptors (Lipinski definition) is 4. The summed E-state index contributed by atoms with van der Waals surface area (Å²) in [5, 5.41) is 0. The van der Waals surface area contributed by atoms with Gasteiger partial charge in [0.1, 0.15) is 5.82 Å². The van der Waals surface area contributed by atoms with E-state index in [-0.39, 0.29) is 11.3 Å². The predicted molar refractivity (Wildman–Crippen MR) is 159 cm³/mol. The summed E-state index contributed by atoms with van der Waals surface area (Å²) in [6.45, 7) is 13.6. The van der Waals surface area contributed by atoms with Crippen LogP contribution in [0.4, 0.5) is 5.82 Å². The van der Waals surface area contributed by atoms with Crippen molar-refractivity contribution in [3.63, 3.8) is 0 Å². The second kappa shape index (κ2) is 11.0. The van der Waals surface area contributed by atoms with Gasteiger partial charge in [0, 0.05) is 55.0 Å². The summed E-state index contributed by atoms with van der Waals surface area (Å²) >= 11 is 0. The number of aromatic nitrogens is 2. The minimum absolute atomic E-state index is 0.0671. The molecule has 0 aliphatic carbocycles. The lowest BCUT2D eigenvalue weighted by atomic mass is 9.86. The molecule has 0 atom stereocenters. The number of anilines is 1. The van der Waals surface area contributed by atoms with E-state index in [1.165, 1.54) is 16.7 Å². The zero-order chi connectivity index (χ0) is 27.6. The number of benzene rings is 3. The summed E-state index contributed by atoms with van der Waals surface area (Å²) in [5.74, 6) is 1.82. The van der Waals surface area contributed by atoms with Gasteiger partial charge in [0.25, 0.3) is 5.91 Å². The van der Waals surface area contributed by atoms with Crippen molar-refractivity contribution < 1.29 is 4.79 Å². The van der Waals surface area contributed by atoms with Crippen molar-refractivity contribution in [2.45, 2.75) is 46.5 Å². The molecule has 5 heteroatoms. The number of hydrogen-bond donors (Lipinski definition) is 0. The van der Waals surface area contributed by atoms with Gasteiger partial charge in [-0.05, 0) is 42.5 Å². The van der Waals surface area contributed by atoms with E-state index in [0.29, 0.717) is 13.1 Å². The first-order valence-electron chi connectivity index (χ1n) is 13.8. The molecule has 5 rings (SSSR count). The molecule has 1 fully saturated rings. The van der Waals surface area contributed by atoms with E-state index in [1.807, 2.05) is 35.2 Å². The largest absolute Gasteiger partial charge is 0.353 e. The number of aryl methyl sites for hydroxylation is 2. The minimum atomic E-state index is 0.0671. The Balaban J connectivity index is 1.40. The highest BCUT2D eigenvalue weighted by atomic mass is 16.2. The summed E-state index contributed by atoms with van der Waals surface area (Å²) in [7, 11) is 0. The third kappa shape index (κ3) is 6.03. The Morgan fingerprint density at radius 3 is 2.15 bits per heavy atom. The maximum atomic E-state index is 13.3. The van der Waals surface area contributed by atoms with Crippen molar-refractivity contribution in [2.75, 3.05) is 31.1 Å². The van der Waals surface area contributed by atoms with E-state index >= 15 is 0 Å². The number of carbonyl (C=O) groups excluding carboxylic acids is 1. The second-order valence-electron chi connectivity index (χ2n) is 11.6. The van der Waals surface area contributed by atoms with Gasteiger partial charge in [0.2, 0.25) is 0 Å². The molecule has 1 saturated heterocycles. The van der Waals surface area contributed by atoms with E-state index < -0.39 is 0 Å². The lowest BCUT2D eigenvalue weighted by Crippen LogP contribution is -2.49. The van der Waals surface area contributed by atoms with Gasteiger partial charge in [-0.1, -0.05) is 93.1 Å². The van der Waals surface area contributed by atoms with Crippen molar-refractivity contribution >= 4 is 11.7 Å². The number of nitrogens with zero attached hydrogens (tertiary/aromatic N) is 4. The first-order chi connectivity index (χ1) is 18.7. The molecule has 3 aromatic carbocycles. The Hall–Kier alpha value is -3.99. The number of amides is 1. The maximum absolute atomic E-state index is 13.3. The van der Waals surface area contributed by atoms with E-state index in [2.05, 4.69) is 88.0 Å². The Kier molecular flexibility index (Phi) is 7.51. The van der Waals surface area contributed by atoms with Crippen LogP contribution in [0.25, 0.3) is 11.4 Å². The molecule has 1 aliphatic rings. The number of rotatable bonds is 5. The fourth-order valence-corrected chi connectivity index (χ4v) is 5.21. The van der Waals surface area contributed by atoms with Crippen molar-refractivity contribution in [1.29, 1.82) is 0 Å². The van der Waals surface area contributed by atoms with Crippen molar-refractivity contribution in [3.8, 4) is 11.4 Å². The van der Waals surface area contributed by atoms with Gasteiger partial charge in [0.15, 0.2) is 5.82 Å². The van der Waals surface area contributed by atoms with Crippen LogP contribution < -0.4 is 4.90 Å². The third-order valence-electron chi connectivity index (χ3n) is 7.55. The zero-order valence-corrected chi connectivity index (χ0v) is 23.7. The molecule has 1 aliphatic heterocycles. The molecular formula is C34H38N4O. The van der Waals surface area contributed by atoms with Crippen LogP contribution in [0.5, 0.6) is 0 Å². The van der Waals surface area contributed by atoms with E-state index in [4.69, 9.17) is 9.97 Å². The van der Waals surface area contributed by atoms with Gasteiger partial charge in [-0.3, -0.25) is 4.79 Å². The Labute approximate surface area is 232 Å². The lowest BCUT2D eigenvalue weighted by molar-refractivity contribution is 0.0746. The summed E-state index contributed by atoms with van der Waals surface area (Å²) in [5.41, 5.74) is 7.71. The SMILES string of the molecule is Cc1cccc(Cc2c(C)nc(-c3ccccc3)nc2N2CCN(C(=O)c3ccc(C(C)(C)C)cc3)CC2)c1. The predicted octanol–water partition coefficient (Wildman–Crippen LogP) is 6.61. The summed E-state index contributed by atoms with van der Waals surface area (Å²) < 4.78 is 0. The molecule has 0 N–H and O–H groups in total. The van der Waals surface area contributed by atoms with Crippen LogP contribution in [-0.2, 0) is 11.8 Å². The molecule has 200 valence electrons. The summed E-state index contributed by atoms with van der Waals surface area (Å²) in [4.78, 5) is 27.7. The second-order valence-corrected chi connectivity index (χ2v) is 11.6. The van der Waals surface area contributed by atoms with Crippen LogP contribution in [0.3, 0.4) is 0 Å². The monoisotopic (exact) mass is 518 g/mol. The van der Waals surface area contributed by atoms with Crippen molar-refractivity contribution in [1.82, 2.24) is 14.9 Å².